The molecule has 1 saturated heterocycles. The van der Waals surface area contributed by atoms with E-state index in [1.54, 1.807) is 0 Å². The van der Waals surface area contributed by atoms with Crippen molar-refractivity contribution in [1.29, 1.82) is 0 Å². The van der Waals surface area contributed by atoms with Crippen molar-refractivity contribution in [2.45, 2.75) is 32.2 Å². The van der Waals surface area contributed by atoms with E-state index in [0.29, 0.717) is 6.04 Å². The van der Waals surface area contributed by atoms with Crippen LogP contribution in [0.5, 0.6) is 0 Å². The number of nitrogens with one attached hydrogen (secondary N) is 1. The van der Waals surface area contributed by atoms with Crippen LogP contribution in [0.4, 0.5) is 0 Å². The summed E-state index contributed by atoms with van der Waals surface area (Å²) in [4.78, 5) is 14.5. The normalized spacial score (nSPS) is 18.9. The third kappa shape index (κ3) is 4.21. The van der Waals surface area contributed by atoms with Crippen LogP contribution in [-0.2, 0) is 0 Å². The lowest BCUT2D eigenvalue weighted by molar-refractivity contribution is 0.0719. The SMILES string of the molecule is Cc1ccc(C(=O)N(C)C2CCCNCC2)c(Br)c1.Cl. The van der Waals surface area contributed by atoms with Gasteiger partial charge in [0.25, 0.3) is 5.91 Å². The Bertz CT molecular complexity index is 459. The minimum Gasteiger partial charge on any atom is -0.339 e. The van der Waals surface area contributed by atoms with Gasteiger partial charge < -0.3 is 10.2 Å². The molecule has 1 unspecified atom stereocenters. The van der Waals surface area contributed by atoms with E-state index in [9.17, 15) is 4.79 Å². The van der Waals surface area contributed by atoms with Crippen LogP contribution in [0.2, 0.25) is 0 Å². The molecule has 0 aliphatic carbocycles. The molecule has 0 saturated carbocycles. The van der Waals surface area contributed by atoms with Crippen LogP contribution in [0.3, 0.4) is 0 Å². The Morgan fingerprint density at radius 1 is 1.35 bits per heavy atom. The van der Waals surface area contributed by atoms with E-state index in [4.69, 9.17) is 0 Å². The number of halogens is 2. The van der Waals surface area contributed by atoms with Gasteiger partial charge in [-0.15, -0.1) is 12.4 Å². The Labute approximate surface area is 135 Å². The molecule has 5 heteroatoms. The van der Waals surface area contributed by atoms with Crippen LogP contribution in [0.1, 0.15) is 35.2 Å². The van der Waals surface area contributed by atoms with Gasteiger partial charge in [-0.3, -0.25) is 4.79 Å². The van der Waals surface area contributed by atoms with Crippen molar-refractivity contribution in [3.63, 3.8) is 0 Å². The van der Waals surface area contributed by atoms with E-state index in [1.165, 1.54) is 0 Å². The van der Waals surface area contributed by atoms with Crippen LogP contribution in [-0.4, -0.2) is 37.0 Å². The highest BCUT2D eigenvalue weighted by atomic mass is 79.9. The molecule has 0 bridgehead atoms. The van der Waals surface area contributed by atoms with Crippen molar-refractivity contribution in [1.82, 2.24) is 10.2 Å². The van der Waals surface area contributed by atoms with Gasteiger partial charge in [0.2, 0.25) is 0 Å². The zero-order valence-corrected chi connectivity index (χ0v) is 14.4. The van der Waals surface area contributed by atoms with Crippen molar-refractivity contribution in [2.24, 2.45) is 0 Å². The minimum absolute atomic E-state index is 0. The molecule has 1 atom stereocenters. The first-order valence-corrected chi connectivity index (χ1v) is 7.63. The summed E-state index contributed by atoms with van der Waals surface area (Å²) in [5, 5.41) is 3.38. The zero-order chi connectivity index (χ0) is 13.8. The quantitative estimate of drug-likeness (QED) is 0.875. The highest BCUT2D eigenvalue weighted by Crippen LogP contribution is 2.22. The van der Waals surface area contributed by atoms with Crippen LogP contribution in [0, 0.1) is 6.92 Å². The predicted octanol–water partition coefficient (Wildman–Crippen LogP) is 3.39. The summed E-state index contributed by atoms with van der Waals surface area (Å²) >= 11 is 3.50. The van der Waals surface area contributed by atoms with E-state index in [0.717, 1.165) is 48.0 Å². The van der Waals surface area contributed by atoms with E-state index >= 15 is 0 Å². The van der Waals surface area contributed by atoms with Gasteiger partial charge in [-0.05, 0) is 72.9 Å². The van der Waals surface area contributed by atoms with Crippen LogP contribution in [0.15, 0.2) is 22.7 Å². The van der Waals surface area contributed by atoms with Crippen molar-refractivity contribution in [3.8, 4) is 0 Å². The second kappa shape index (κ2) is 8.01. The maximum Gasteiger partial charge on any atom is 0.254 e. The van der Waals surface area contributed by atoms with E-state index in [-0.39, 0.29) is 18.3 Å². The molecule has 1 fully saturated rings. The largest absolute Gasteiger partial charge is 0.339 e. The smallest absolute Gasteiger partial charge is 0.254 e. The lowest BCUT2D eigenvalue weighted by Crippen LogP contribution is -2.37. The molecular weight excluding hydrogens is 340 g/mol. The van der Waals surface area contributed by atoms with Gasteiger partial charge in [0.1, 0.15) is 0 Å². The molecule has 1 heterocycles. The molecule has 0 spiro atoms. The molecule has 1 N–H and O–H groups in total. The maximum atomic E-state index is 12.6. The fourth-order valence-corrected chi connectivity index (χ4v) is 3.20. The summed E-state index contributed by atoms with van der Waals surface area (Å²) in [6.45, 7) is 4.09. The molecule has 1 aliphatic rings. The fourth-order valence-electron chi connectivity index (χ4n) is 2.54. The highest BCUT2D eigenvalue weighted by molar-refractivity contribution is 9.10. The summed E-state index contributed by atoms with van der Waals surface area (Å²) in [6, 6.07) is 6.24. The van der Waals surface area contributed by atoms with E-state index in [1.807, 2.05) is 37.1 Å². The standard InChI is InChI=1S/C15H21BrN2O.ClH/c1-11-5-6-13(14(16)10-11)15(19)18(2)12-4-3-8-17-9-7-12;/h5-6,10,12,17H,3-4,7-9H2,1-2H3;1H. The van der Waals surface area contributed by atoms with E-state index in [2.05, 4.69) is 21.2 Å². The van der Waals surface area contributed by atoms with Crippen molar-refractivity contribution in [3.05, 3.63) is 33.8 Å². The van der Waals surface area contributed by atoms with Gasteiger partial charge in [0.05, 0.1) is 5.56 Å². The Morgan fingerprint density at radius 3 is 2.80 bits per heavy atom. The van der Waals surface area contributed by atoms with Gasteiger partial charge in [-0.1, -0.05) is 6.07 Å². The summed E-state index contributed by atoms with van der Waals surface area (Å²) in [7, 11) is 1.92. The summed E-state index contributed by atoms with van der Waals surface area (Å²) in [6.07, 6.45) is 3.25. The Balaban J connectivity index is 0.00000200. The van der Waals surface area contributed by atoms with Crippen LogP contribution in [0.25, 0.3) is 0 Å². The Hall–Kier alpha value is -0.580. The summed E-state index contributed by atoms with van der Waals surface area (Å²) in [5.41, 5.74) is 1.91. The Kier molecular flexibility index (Phi) is 7.00. The lowest BCUT2D eigenvalue weighted by atomic mass is 10.1. The first-order valence-electron chi connectivity index (χ1n) is 6.83. The third-order valence-electron chi connectivity index (χ3n) is 3.77. The fraction of sp³-hybridized carbons (Fsp3) is 0.533. The number of aryl methyl sites for hydroxylation is 1. The van der Waals surface area contributed by atoms with Gasteiger partial charge in [0.15, 0.2) is 0 Å². The number of hydrogen-bond acceptors (Lipinski definition) is 2. The molecule has 1 aromatic carbocycles. The minimum atomic E-state index is 0. The van der Waals surface area contributed by atoms with Crippen LogP contribution >= 0.6 is 28.3 Å². The average molecular weight is 362 g/mol. The molecule has 0 aromatic heterocycles. The topological polar surface area (TPSA) is 32.3 Å². The van der Waals surface area contributed by atoms with Gasteiger partial charge in [-0.25, -0.2) is 0 Å². The number of benzene rings is 1. The number of hydrogen-bond donors (Lipinski definition) is 1. The molecule has 1 amide bonds. The first kappa shape index (κ1) is 17.5. The number of rotatable bonds is 2. The number of carbonyl (C=O) groups is 1. The molecule has 2 rings (SSSR count). The van der Waals surface area contributed by atoms with Gasteiger partial charge >= 0.3 is 0 Å². The molecule has 20 heavy (non-hydrogen) atoms. The van der Waals surface area contributed by atoms with Crippen molar-refractivity contribution in [2.75, 3.05) is 20.1 Å². The molecule has 3 nitrogen and oxygen atoms in total. The van der Waals surface area contributed by atoms with Crippen molar-refractivity contribution < 1.29 is 4.79 Å². The zero-order valence-electron chi connectivity index (χ0n) is 12.0. The van der Waals surface area contributed by atoms with E-state index < -0.39 is 0 Å². The maximum absolute atomic E-state index is 12.6. The summed E-state index contributed by atoms with van der Waals surface area (Å²) < 4.78 is 0.885. The molecule has 1 aromatic rings. The second-order valence-electron chi connectivity index (χ2n) is 5.23. The molecule has 112 valence electrons. The molecular formula is C15H22BrClN2O. The van der Waals surface area contributed by atoms with Gasteiger partial charge in [0, 0.05) is 17.6 Å². The first-order chi connectivity index (χ1) is 9.09. The summed E-state index contributed by atoms with van der Waals surface area (Å²) in [5.74, 6) is 0.110. The number of carbonyl (C=O) groups excluding carboxylic acids is 1. The highest BCUT2D eigenvalue weighted by Gasteiger charge is 2.23. The van der Waals surface area contributed by atoms with Crippen molar-refractivity contribution >= 4 is 34.2 Å². The average Bonchev–Trinajstić information content (AvgIpc) is 2.66. The second-order valence-corrected chi connectivity index (χ2v) is 6.09. The third-order valence-corrected chi connectivity index (χ3v) is 4.42. The monoisotopic (exact) mass is 360 g/mol. The predicted molar refractivity (Wildman–Crippen MR) is 88.7 cm³/mol. The number of amides is 1. The van der Waals surface area contributed by atoms with Gasteiger partial charge in [-0.2, -0.15) is 0 Å². The van der Waals surface area contributed by atoms with Crippen LogP contribution < -0.4 is 5.32 Å². The number of nitrogens with zero attached hydrogens (tertiary/aromatic N) is 1. The lowest BCUT2D eigenvalue weighted by Gasteiger charge is -2.27. The molecule has 1 aliphatic heterocycles. The Morgan fingerprint density at radius 2 is 2.10 bits per heavy atom. The molecule has 0 radical (unpaired) electrons.